The number of carbonyl (C=O) groups excluding carboxylic acids is 1. The van der Waals surface area contributed by atoms with Crippen LogP contribution in [0, 0.1) is 11.6 Å². The Hall–Kier alpha value is -3.59. The van der Waals surface area contributed by atoms with Gasteiger partial charge in [-0.15, -0.1) is 0 Å². The first kappa shape index (κ1) is 27.0. The summed E-state index contributed by atoms with van der Waals surface area (Å²) in [5.41, 5.74) is 1.22. The van der Waals surface area contributed by atoms with Crippen LogP contribution >= 0.6 is 0 Å². The molecule has 6 nitrogen and oxygen atoms in total. The molecule has 0 N–H and O–H groups in total. The average molecular weight is 539 g/mol. The van der Waals surface area contributed by atoms with Crippen LogP contribution in [0.5, 0.6) is 0 Å². The number of urea groups is 1. The van der Waals surface area contributed by atoms with Crippen molar-refractivity contribution in [3.8, 4) is 0 Å². The Morgan fingerprint density at radius 3 is 2.72 bits per heavy atom. The van der Waals surface area contributed by atoms with E-state index >= 15 is 0 Å². The van der Waals surface area contributed by atoms with Crippen LogP contribution in [0.2, 0.25) is 0 Å². The van der Waals surface area contributed by atoms with Crippen molar-refractivity contribution in [2.45, 2.75) is 43.4 Å². The molecule has 2 unspecified atom stereocenters. The lowest BCUT2D eigenvalue weighted by Gasteiger charge is -2.42. The zero-order valence-corrected chi connectivity index (χ0v) is 22.2. The largest absolute Gasteiger partial charge is 0.365 e. The average Bonchev–Trinajstić information content (AvgIpc) is 3.55. The van der Waals surface area contributed by atoms with Crippen LogP contribution in [-0.4, -0.2) is 71.8 Å². The summed E-state index contributed by atoms with van der Waals surface area (Å²) >= 11 is 0. The normalized spacial score (nSPS) is 23.9. The second-order valence-corrected chi connectivity index (χ2v) is 10.6. The van der Waals surface area contributed by atoms with E-state index in [1.165, 1.54) is 12.3 Å². The van der Waals surface area contributed by atoms with Gasteiger partial charge in [0.05, 0.1) is 11.2 Å². The molecule has 0 spiro atoms. The van der Waals surface area contributed by atoms with Gasteiger partial charge >= 0.3 is 6.03 Å². The number of hydrogen-bond acceptors (Lipinski definition) is 4. The van der Waals surface area contributed by atoms with Gasteiger partial charge in [-0.3, -0.25) is 0 Å². The second-order valence-electron chi connectivity index (χ2n) is 10.6. The molecule has 1 fully saturated rings. The van der Waals surface area contributed by atoms with E-state index in [0.29, 0.717) is 37.9 Å². The Labute approximate surface area is 226 Å². The summed E-state index contributed by atoms with van der Waals surface area (Å²) < 4.78 is 49.0. The first-order chi connectivity index (χ1) is 18.8. The topological polar surface area (TPSA) is 52.8 Å². The van der Waals surface area contributed by atoms with Gasteiger partial charge in [-0.25, -0.2) is 18.0 Å². The molecule has 2 aliphatic rings. The van der Waals surface area contributed by atoms with Gasteiger partial charge in [0.2, 0.25) is 0 Å². The summed E-state index contributed by atoms with van der Waals surface area (Å²) in [5.74, 6) is -1.12. The van der Waals surface area contributed by atoms with Crippen molar-refractivity contribution in [2.75, 3.05) is 33.7 Å². The van der Waals surface area contributed by atoms with Gasteiger partial charge in [0, 0.05) is 44.2 Å². The van der Waals surface area contributed by atoms with Gasteiger partial charge in [0.1, 0.15) is 24.1 Å². The van der Waals surface area contributed by atoms with Gasteiger partial charge < -0.3 is 19.2 Å². The van der Waals surface area contributed by atoms with Crippen molar-refractivity contribution in [3.05, 3.63) is 95.4 Å². The lowest BCUT2D eigenvalue weighted by Crippen LogP contribution is -2.53. The van der Waals surface area contributed by atoms with Crippen LogP contribution in [0.4, 0.5) is 18.0 Å². The summed E-state index contributed by atoms with van der Waals surface area (Å²) in [7, 11) is 3.59. The Balaban J connectivity index is 1.57. The third-order valence-electron chi connectivity index (χ3n) is 7.99. The quantitative estimate of drug-likeness (QED) is 0.406. The van der Waals surface area contributed by atoms with E-state index < -0.39 is 23.3 Å². The highest BCUT2D eigenvalue weighted by molar-refractivity contribution is 5.83. The number of halogens is 3. The van der Waals surface area contributed by atoms with E-state index in [0.717, 1.165) is 23.4 Å². The minimum Gasteiger partial charge on any atom is -0.365 e. The van der Waals surface area contributed by atoms with Gasteiger partial charge in [0.15, 0.2) is 0 Å². The Kier molecular flexibility index (Phi) is 7.79. The molecule has 0 radical (unpaired) electrons. The Morgan fingerprint density at radius 1 is 1.18 bits per heavy atom. The highest BCUT2D eigenvalue weighted by atomic mass is 19.1. The molecule has 1 aromatic heterocycles. The van der Waals surface area contributed by atoms with Crippen LogP contribution in [0.3, 0.4) is 0 Å². The van der Waals surface area contributed by atoms with E-state index in [1.54, 1.807) is 22.9 Å². The molecular weight excluding hydrogens is 505 g/mol. The summed E-state index contributed by atoms with van der Waals surface area (Å²) in [6, 6.07) is 14.1. The van der Waals surface area contributed by atoms with Crippen molar-refractivity contribution in [3.63, 3.8) is 0 Å². The maximum Gasteiger partial charge on any atom is 0.321 e. The van der Waals surface area contributed by atoms with Crippen LogP contribution in [0.1, 0.15) is 36.1 Å². The fourth-order valence-electron chi connectivity index (χ4n) is 5.86. The number of aromatic nitrogens is 1. The first-order valence-corrected chi connectivity index (χ1v) is 13.3. The molecule has 1 saturated heterocycles. The number of alkyl halides is 1. The molecule has 0 bridgehead atoms. The number of benzene rings is 2. The third kappa shape index (κ3) is 5.59. The Bertz CT molecular complexity index is 1320. The van der Waals surface area contributed by atoms with Crippen LogP contribution in [0.25, 0.3) is 5.57 Å². The Morgan fingerprint density at radius 2 is 1.97 bits per heavy atom. The summed E-state index contributed by atoms with van der Waals surface area (Å²) in [4.78, 5) is 19.6. The van der Waals surface area contributed by atoms with Gasteiger partial charge in [-0.1, -0.05) is 35.5 Å². The number of likely N-dealkylation sites (tertiary alicyclic amines) is 1. The molecule has 206 valence electrons. The standard InChI is InChI=1S/C30H33F3N4O2/c1-35-14-11-26(16-24(32)20-35)36(2)29(38)37-19-21(27-17-23(31)8-9-28(27)33)18-30(37,22-6-4-3-5-7-22)13-10-25-12-15-39-34-25/h3-9,12,15,17-18,24,26H,10-11,13-14,16,19-20H2,1-2H3/t24?,26?,30-/m0/s1. The van der Waals surface area contributed by atoms with E-state index in [9.17, 15) is 18.0 Å². The highest BCUT2D eigenvalue weighted by Gasteiger charge is 2.46. The fourth-order valence-corrected chi connectivity index (χ4v) is 5.86. The summed E-state index contributed by atoms with van der Waals surface area (Å²) in [5, 5.41) is 4.04. The molecule has 3 aromatic rings. The molecule has 9 heteroatoms. The molecule has 3 heterocycles. The van der Waals surface area contributed by atoms with Crippen molar-refractivity contribution in [1.82, 2.24) is 19.9 Å². The minimum absolute atomic E-state index is 0.0724. The molecule has 5 rings (SSSR count). The number of aryl methyl sites for hydroxylation is 1. The van der Waals surface area contributed by atoms with E-state index in [2.05, 4.69) is 5.16 Å². The van der Waals surface area contributed by atoms with Crippen LogP contribution in [0.15, 0.2) is 71.5 Å². The predicted octanol–water partition coefficient (Wildman–Crippen LogP) is 5.66. The summed E-state index contributed by atoms with van der Waals surface area (Å²) in [6.45, 7) is 1.08. The highest BCUT2D eigenvalue weighted by Crippen LogP contribution is 2.44. The van der Waals surface area contributed by atoms with E-state index in [4.69, 9.17) is 4.52 Å². The van der Waals surface area contributed by atoms with E-state index in [-0.39, 0.29) is 30.6 Å². The van der Waals surface area contributed by atoms with Crippen LogP contribution in [-0.2, 0) is 12.0 Å². The zero-order valence-electron chi connectivity index (χ0n) is 22.2. The third-order valence-corrected chi connectivity index (χ3v) is 7.99. The SMILES string of the molecule is CN1CCC(N(C)C(=O)N2CC(c3cc(F)ccc3F)=C[C@@]2(CCc2ccon2)c2ccccc2)CC(F)C1. The molecule has 2 aliphatic heterocycles. The number of hydrogen-bond donors (Lipinski definition) is 0. The molecule has 0 saturated carbocycles. The van der Waals surface area contributed by atoms with Crippen molar-refractivity contribution >= 4 is 11.6 Å². The first-order valence-electron chi connectivity index (χ1n) is 13.3. The molecule has 2 aromatic carbocycles. The van der Waals surface area contributed by atoms with Crippen molar-refractivity contribution in [1.29, 1.82) is 0 Å². The molecule has 39 heavy (non-hydrogen) atoms. The number of nitrogens with zero attached hydrogens (tertiary/aromatic N) is 4. The monoisotopic (exact) mass is 538 g/mol. The molecule has 0 aliphatic carbocycles. The van der Waals surface area contributed by atoms with Gasteiger partial charge in [0.25, 0.3) is 0 Å². The fraction of sp³-hybridized carbons (Fsp3) is 0.400. The molecular formula is C30H33F3N4O2. The van der Waals surface area contributed by atoms with Crippen molar-refractivity contribution < 1.29 is 22.5 Å². The summed E-state index contributed by atoms with van der Waals surface area (Å²) in [6.07, 6.45) is 4.13. The minimum atomic E-state index is -1.04. The zero-order chi connectivity index (χ0) is 27.6. The number of rotatable bonds is 6. The maximum atomic E-state index is 15.0. The lowest BCUT2D eigenvalue weighted by atomic mass is 9.83. The molecule has 3 atom stereocenters. The van der Waals surface area contributed by atoms with Crippen molar-refractivity contribution in [2.24, 2.45) is 0 Å². The van der Waals surface area contributed by atoms with Gasteiger partial charge in [-0.05, 0) is 68.3 Å². The number of carbonyl (C=O) groups is 1. The number of amides is 2. The van der Waals surface area contributed by atoms with Gasteiger partial charge in [-0.2, -0.15) is 0 Å². The second kappa shape index (κ2) is 11.3. The molecule has 2 amide bonds. The van der Waals surface area contributed by atoms with Crippen LogP contribution < -0.4 is 0 Å². The smallest absolute Gasteiger partial charge is 0.321 e. The van der Waals surface area contributed by atoms with E-state index in [1.807, 2.05) is 48.4 Å². The predicted molar refractivity (Wildman–Crippen MR) is 143 cm³/mol. The maximum absolute atomic E-state index is 15.0. The lowest BCUT2D eigenvalue weighted by molar-refractivity contribution is 0.105.